The Hall–Kier alpha value is -1.82. The zero-order valence-electron chi connectivity index (χ0n) is 11.3. The molecule has 0 spiro atoms. The lowest BCUT2D eigenvalue weighted by atomic mass is 10.0. The summed E-state index contributed by atoms with van der Waals surface area (Å²) in [5, 5.41) is 11.5. The van der Waals surface area contributed by atoms with Crippen molar-refractivity contribution in [1.82, 2.24) is 5.32 Å². The van der Waals surface area contributed by atoms with Gasteiger partial charge < -0.3 is 5.32 Å². The summed E-state index contributed by atoms with van der Waals surface area (Å²) < 4.78 is 0. The van der Waals surface area contributed by atoms with Crippen LogP contribution in [-0.4, -0.2) is 11.9 Å². The van der Waals surface area contributed by atoms with Crippen LogP contribution in [0.3, 0.4) is 0 Å². The molecule has 0 aliphatic carbocycles. The normalized spacial score (nSPS) is 11.7. The largest absolute Gasteiger partial charge is 0.352 e. The van der Waals surface area contributed by atoms with Crippen molar-refractivity contribution < 1.29 is 4.79 Å². The average Bonchev–Trinajstić information content (AvgIpc) is 2.33. The molecule has 3 heteroatoms. The van der Waals surface area contributed by atoms with E-state index in [2.05, 4.69) is 18.3 Å². The summed E-state index contributed by atoms with van der Waals surface area (Å²) in [6.45, 7) is 6.07. The van der Waals surface area contributed by atoms with Crippen molar-refractivity contribution in [3.8, 4) is 6.07 Å². The van der Waals surface area contributed by atoms with Crippen LogP contribution in [0.2, 0.25) is 0 Å². The van der Waals surface area contributed by atoms with Crippen molar-refractivity contribution in [3.63, 3.8) is 0 Å². The maximum absolute atomic E-state index is 11.8. The molecule has 1 rings (SSSR count). The number of amides is 1. The number of nitriles is 1. The summed E-state index contributed by atoms with van der Waals surface area (Å²) in [5.74, 6) is -0.0136. The third-order valence-corrected chi connectivity index (χ3v) is 3.13. The third-order valence-electron chi connectivity index (χ3n) is 3.13. The molecule has 0 heterocycles. The first-order valence-corrected chi connectivity index (χ1v) is 6.29. The van der Waals surface area contributed by atoms with E-state index in [1.165, 1.54) is 11.1 Å². The van der Waals surface area contributed by atoms with Gasteiger partial charge in [0.15, 0.2) is 0 Å². The molecule has 1 atom stereocenters. The molecule has 0 saturated carbocycles. The van der Waals surface area contributed by atoms with Crippen LogP contribution in [0.1, 0.15) is 36.5 Å². The van der Waals surface area contributed by atoms with E-state index < -0.39 is 0 Å². The minimum absolute atomic E-state index is 0.0136. The predicted molar refractivity (Wildman–Crippen MR) is 72.1 cm³/mol. The molecule has 0 bridgehead atoms. The van der Waals surface area contributed by atoms with Gasteiger partial charge >= 0.3 is 0 Å². The van der Waals surface area contributed by atoms with Crippen LogP contribution >= 0.6 is 0 Å². The maximum atomic E-state index is 11.8. The minimum Gasteiger partial charge on any atom is -0.352 e. The molecule has 0 aromatic heterocycles. The summed E-state index contributed by atoms with van der Waals surface area (Å²) >= 11 is 0. The molecular formula is C15H20N2O. The van der Waals surface area contributed by atoms with Crippen molar-refractivity contribution >= 4 is 5.91 Å². The number of aryl methyl sites for hydroxylation is 2. The van der Waals surface area contributed by atoms with Gasteiger partial charge in [-0.2, -0.15) is 5.26 Å². The lowest BCUT2D eigenvalue weighted by Gasteiger charge is -2.13. The van der Waals surface area contributed by atoms with Crippen LogP contribution < -0.4 is 5.32 Å². The molecule has 1 unspecified atom stereocenters. The Morgan fingerprint density at radius 3 is 2.67 bits per heavy atom. The van der Waals surface area contributed by atoms with E-state index in [1.807, 2.05) is 32.0 Å². The van der Waals surface area contributed by atoms with Gasteiger partial charge in [0.2, 0.25) is 5.91 Å². The van der Waals surface area contributed by atoms with Crippen LogP contribution in [0.5, 0.6) is 0 Å². The van der Waals surface area contributed by atoms with Gasteiger partial charge in [0.05, 0.1) is 18.9 Å². The van der Waals surface area contributed by atoms with Crippen molar-refractivity contribution in [3.05, 3.63) is 34.9 Å². The second-order valence-electron chi connectivity index (χ2n) is 4.63. The fraction of sp³-hybridized carbons (Fsp3) is 0.467. The van der Waals surface area contributed by atoms with E-state index in [0.717, 1.165) is 12.0 Å². The third kappa shape index (κ3) is 4.21. The summed E-state index contributed by atoms with van der Waals surface area (Å²) in [7, 11) is 0. The quantitative estimate of drug-likeness (QED) is 0.865. The van der Waals surface area contributed by atoms with E-state index >= 15 is 0 Å². The molecule has 0 aliphatic heterocycles. The van der Waals surface area contributed by atoms with Crippen LogP contribution in [0.15, 0.2) is 18.2 Å². The molecule has 3 nitrogen and oxygen atoms in total. The fourth-order valence-corrected chi connectivity index (χ4v) is 1.79. The smallest absolute Gasteiger partial charge is 0.224 e. The first-order valence-electron chi connectivity index (χ1n) is 6.29. The number of carbonyl (C=O) groups excluding carboxylic acids is 1. The van der Waals surface area contributed by atoms with E-state index in [1.54, 1.807) is 0 Å². The van der Waals surface area contributed by atoms with Crippen molar-refractivity contribution in [2.45, 2.75) is 46.1 Å². The van der Waals surface area contributed by atoms with Crippen LogP contribution in [-0.2, 0) is 11.2 Å². The predicted octanol–water partition coefficient (Wildman–Crippen LogP) is 2.65. The molecule has 0 saturated heterocycles. The highest BCUT2D eigenvalue weighted by Crippen LogP contribution is 2.10. The lowest BCUT2D eigenvalue weighted by molar-refractivity contribution is -0.121. The van der Waals surface area contributed by atoms with Crippen LogP contribution in [0, 0.1) is 25.2 Å². The summed E-state index contributed by atoms with van der Waals surface area (Å²) in [6.07, 6.45) is 1.53. The zero-order chi connectivity index (χ0) is 13.5. The topological polar surface area (TPSA) is 52.9 Å². The molecule has 0 fully saturated rings. The summed E-state index contributed by atoms with van der Waals surface area (Å²) in [5.41, 5.74) is 3.45. The van der Waals surface area contributed by atoms with Gasteiger partial charge in [0.25, 0.3) is 0 Å². The molecule has 1 aromatic carbocycles. The Labute approximate surface area is 109 Å². The number of rotatable bonds is 5. The van der Waals surface area contributed by atoms with Gasteiger partial charge in [0.1, 0.15) is 0 Å². The Balaban J connectivity index is 2.59. The molecular weight excluding hydrogens is 224 g/mol. The maximum Gasteiger partial charge on any atom is 0.224 e. The standard InChI is InChI=1S/C15H20N2O/c1-4-14(7-8-16)17-15(18)10-13-6-5-11(2)12(3)9-13/h5-6,9,14H,4,7,10H2,1-3H3,(H,17,18). The van der Waals surface area contributed by atoms with Crippen molar-refractivity contribution in [2.75, 3.05) is 0 Å². The van der Waals surface area contributed by atoms with Crippen LogP contribution in [0.25, 0.3) is 0 Å². The first-order chi connectivity index (χ1) is 8.56. The summed E-state index contributed by atoms with van der Waals surface area (Å²) in [4.78, 5) is 11.8. The molecule has 1 amide bonds. The highest BCUT2D eigenvalue weighted by molar-refractivity contribution is 5.79. The summed E-state index contributed by atoms with van der Waals surface area (Å²) in [6, 6.07) is 8.11. The van der Waals surface area contributed by atoms with E-state index in [-0.39, 0.29) is 11.9 Å². The minimum atomic E-state index is -0.0333. The van der Waals surface area contributed by atoms with Gasteiger partial charge in [-0.1, -0.05) is 25.1 Å². The van der Waals surface area contributed by atoms with E-state index in [4.69, 9.17) is 5.26 Å². The molecule has 1 aromatic rings. The molecule has 1 N–H and O–H groups in total. The second kappa shape index (κ2) is 6.80. The Morgan fingerprint density at radius 2 is 2.11 bits per heavy atom. The molecule has 18 heavy (non-hydrogen) atoms. The van der Waals surface area contributed by atoms with Gasteiger partial charge in [-0.15, -0.1) is 0 Å². The van der Waals surface area contributed by atoms with Gasteiger partial charge in [-0.25, -0.2) is 0 Å². The SMILES string of the molecule is CCC(CC#N)NC(=O)Cc1ccc(C)c(C)c1. The zero-order valence-corrected chi connectivity index (χ0v) is 11.3. The van der Waals surface area contributed by atoms with Gasteiger partial charge in [-0.05, 0) is 37.0 Å². The van der Waals surface area contributed by atoms with Crippen LogP contribution in [0.4, 0.5) is 0 Å². The van der Waals surface area contributed by atoms with Gasteiger partial charge in [-0.3, -0.25) is 4.79 Å². The van der Waals surface area contributed by atoms with Crippen molar-refractivity contribution in [1.29, 1.82) is 5.26 Å². The number of nitrogens with one attached hydrogen (secondary N) is 1. The van der Waals surface area contributed by atoms with E-state index in [0.29, 0.717) is 12.8 Å². The van der Waals surface area contributed by atoms with E-state index in [9.17, 15) is 4.79 Å². The Kier molecular flexibility index (Phi) is 5.38. The average molecular weight is 244 g/mol. The lowest BCUT2D eigenvalue weighted by Crippen LogP contribution is -2.35. The second-order valence-corrected chi connectivity index (χ2v) is 4.63. The highest BCUT2D eigenvalue weighted by Gasteiger charge is 2.10. The number of benzene rings is 1. The van der Waals surface area contributed by atoms with Crippen molar-refractivity contribution in [2.24, 2.45) is 0 Å². The number of hydrogen-bond donors (Lipinski definition) is 1. The van der Waals surface area contributed by atoms with Gasteiger partial charge in [0, 0.05) is 6.04 Å². The highest BCUT2D eigenvalue weighted by atomic mass is 16.1. The fourth-order valence-electron chi connectivity index (χ4n) is 1.79. The molecule has 0 radical (unpaired) electrons. The molecule has 96 valence electrons. The Bertz CT molecular complexity index is 460. The number of carbonyl (C=O) groups is 1. The number of nitrogens with zero attached hydrogens (tertiary/aromatic N) is 1. The Morgan fingerprint density at radius 1 is 1.39 bits per heavy atom. The number of hydrogen-bond acceptors (Lipinski definition) is 2. The monoisotopic (exact) mass is 244 g/mol. The first kappa shape index (κ1) is 14.2. The molecule has 0 aliphatic rings.